The van der Waals surface area contributed by atoms with Gasteiger partial charge in [-0.25, -0.2) is 19.0 Å². The van der Waals surface area contributed by atoms with Crippen LogP contribution in [0.2, 0.25) is 0 Å². The van der Waals surface area contributed by atoms with Gasteiger partial charge in [-0.3, -0.25) is 4.79 Å². The molecule has 3 atom stereocenters. The van der Waals surface area contributed by atoms with Crippen molar-refractivity contribution in [1.82, 2.24) is 30.5 Å². The molecule has 280 valence electrons. The van der Waals surface area contributed by atoms with Crippen LogP contribution in [0.15, 0.2) is 60.9 Å². The highest BCUT2D eigenvalue weighted by Gasteiger charge is 2.37. The Balaban J connectivity index is 1.37. The van der Waals surface area contributed by atoms with Gasteiger partial charge in [-0.15, -0.1) is 0 Å². The normalized spacial score (nSPS) is 15.6. The van der Waals surface area contributed by atoms with Gasteiger partial charge >= 0.3 is 12.0 Å². The molecule has 2 aromatic carbocycles. The predicted octanol–water partition coefficient (Wildman–Crippen LogP) is 5.64. The third-order valence-corrected chi connectivity index (χ3v) is 9.73. The van der Waals surface area contributed by atoms with Gasteiger partial charge in [-0.05, 0) is 84.2 Å². The first-order valence-electron chi connectivity index (χ1n) is 18.1. The van der Waals surface area contributed by atoms with Crippen molar-refractivity contribution in [1.29, 1.82) is 0 Å². The summed E-state index contributed by atoms with van der Waals surface area (Å²) in [7, 11) is 0. The summed E-state index contributed by atoms with van der Waals surface area (Å²) in [4.78, 5) is 56.0. The van der Waals surface area contributed by atoms with Crippen molar-refractivity contribution in [3.05, 3.63) is 83.8 Å². The largest absolute Gasteiger partial charge is 0.458 e. The molecule has 5 rings (SSSR count). The molecule has 2 aromatic heterocycles. The number of aromatic amines is 2. The summed E-state index contributed by atoms with van der Waals surface area (Å²) in [6.07, 6.45) is 5.32. The van der Waals surface area contributed by atoms with Crippen LogP contribution in [0.4, 0.5) is 14.9 Å². The van der Waals surface area contributed by atoms with E-state index in [0.29, 0.717) is 69.2 Å². The Hall–Kier alpha value is -4.91. The second kappa shape index (κ2) is 16.2. The number of halogens is 1. The number of amides is 3. The second-order valence-electron chi connectivity index (χ2n) is 15.1. The van der Waals surface area contributed by atoms with Gasteiger partial charge in [-0.2, -0.15) is 0 Å². The number of anilines is 1. The van der Waals surface area contributed by atoms with E-state index in [2.05, 4.69) is 20.6 Å². The first kappa shape index (κ1) is 38.3. The van der Waals surface area contributed by atoms with Crippen molar-refractivity contribution in [3.8, 4) is 0 Å². The Morgan fingerprint density at radius 1 is 0.981 bits per heavy atom. The van der Waals surface area contributed by atoms with Crippen LogP contribution in [0.25, 0.3) is 10.9 Å². The monoisotopic (exact) mass is 716 g/mol. The van der Waals surface area contributed by atoms with Crippen LogP contribution in [0.1, 0.15) is 89.8 Å². The van der Waals surface area contributed by atoms with Crippen LogP contribution in [0, 0.1) is 5.82 Å². The van der Waals surface area contributed by atoms with Gasteiger partial charge in [0.25, 0.3) is 0 Å². The Labute approximate surface area is 305 Å². The molecule has 4 aromatic rings. The third kappa shape index (κ3) is 8.93. The number of ether oxygens (including phenoxy) is 1. The van der Waals surface area contributed by atoms with E-state index in [1.54, 1.807) is 63.9 Å². The van der Waals surface area contributed by atoms with Gasteiger partial charge in [0.05, 0.1) is 17.1 Å². The molecule has 13 heteroatoms. The second-order valence-corrected chi connectivity index (χ2v) is 15.1. The fourth-order valence-corrected chi connectivity index (χ4v) is 6.55. The number of hydrogen-bond acceptors (Lipinski definition) is 7. The Morgan fingerprint density at radius 2 is 1.67 bits per heavy atom. The van der Waals surface area contributed by atoms with Crippen LogP contribution >= 0.6 is 0 Å². The summed E-state index contributed by atoms with van der Waals surface area (Å²) in [6.45, 7) is 13.2. The topological polar surface area (TPSA) is 161 Å². The van der Waals surface area contributed by atoms with Gasteiger partial charge in [-0.1, -0.05) is 37.3 Å². The van der Waals surface area contributed by atoms with Crippen LogP contribution in [-0.4, -0.2) is 82.1 Å². The zero-order valence-corrected chi connectivity index (χ0v) is 31.1. The number of carbonyl (C=O) groups excluding carboxylic acids is 3. The number of carbonyl (C=O) groups is 3. The number of para-hydroxylation sites is 2. The Bertz CT molecular complexity index is 1840. The van der Waals surface area contributed by atoms with Gasteiger partial charge in [0.2, 0.25) is 5.91 Å². The first-order chi connectivity index (χ1) is 24.7. The number of nitrogens with two attached hydrogens (primary N) is 1. The zero-order valence-electron chi connectivity index (χ0n) is 31.1. The van der Waals surface area contributed by atoms with E-state index >= 15 is 0 Å². The number of fused-ring (bicyclic) bond motifs is 1. The van der Waals surface area contributed by atoms with E-state index in [0.717, 1.165) is 16.5 Å². The summed E-state index contributed by atoms with van der Waals surface area (Å²) < 4.78 is 20.1. The number of esters is 1. The van der Waals surface area contributed by atoms with Gasteiger partial charge in [0.1, 0.15) is 23.3 Å². The summed E-state index contributed by atoms with van der Waals surface area (Å²) >= 11 is 0. The fourth-order valence-electron chi connectivity index (χ4n) is 6.55. The molecule has 12 nitrogen and oxygen atoms in total. The highest BCUT2D eigenvalue weighted by atomic mass is 19.1. The number of piperazine rings is 1. The van der Waals surface area contributed by atoms with Crippen LogP contribution in [0.5, 0.6) is 0 Å². The van der Waals surface area contributed by atoms with E-state index in [1.165, 1.54) is 6.07 Å². The Morgan fingerprint density at radius 3 is 2.37 bits per heavy atom. The number of rotatable bonds is 13. The van der Waals surface area contributed by atoms with Crippen LogP contribution in [0.3, 0.4) is 0 Å². The smallest absolute Gasteiger partial charge is 0.329 e. The summed E-state index contributed by atoms with van der Waals surface area (Å²) in [5.41, 5.74) is 6.87. The summed E-state index contributed by atoms with van der Waals surface area (Å²) in [6, 6.07) is 12.9. The summed E-state index contributed by atoms with van der Waals surface area (Å²) in [5.74, 6) is -0.910. The molecule has 3 amide bonds. The molecular formula is C39H53FN8O4. The number of imidazole rings is 1. The lowest BCUT2D eigenvalue weighted by Crippen LogP contribution is -2.53. The molecule has 0 bridgehead atoms. The molecule has 1 aliphatic rings. The van der Waals surface area contributed by atoms with Crippen molar-refractivity contribution in [2.45, 2.75) is 89.8 Å². The molecule has 52 heavy (non-hydrogen) atoms. The number of nitrogens with zero attached hydrogens (tertiary/aromatic N) is 3. The lowest BCUT2D eigenvalue weighted by atomic mass is 9.88. The average Bonchev–Trinajstić information content (AvgIpc) is 3.78. The zero-order chi connectivity index (χ0) is 37.6. The molecule has 0 aliphatic carbocycles. The standard InChI is InChI=1S/C39H53FN8O4/c1-25(27-23-42-29-15-9-7-13-26(27)29)33(46-37(51)48-21-19-47(20-22-48)31-17-10-8-14-28(31)40)34-43-24-32(45-34)39(5,6)36(50)44-30(16-11-12-18-41)35(49)52-38(2,3)4/h7-10,13-15,17,23-25,30,33,42H,11-12,16,18-22,41H2,1-6H3,(H,43,45)(H,44,50)(H,46,51)/t25-,30+,33+/m0/s1. The number of aromatic nitrogens is 3. The van der Waals surface area contributed by atoms with E-state index in [-0.39, 0.29) is 23.7 Å². The molecule has 0 saturated carbocycles. The SMILES string of the molecule is C[C@@H](c1c[nH]c2ccccc12)[C@@H](NC(=O)N1CCN(c2ccccc2F)CC1)c1ncc(C(C)(C)C(=O)N[C@H](CCCCN)C(=O)OC(C)(C)C)[nH]1. The van der Waals surface area contributed by atoms with Crippen molar-refractivity contribution >= 4 is 34.5 Å². The highest BCUT2D eigenvalue weighted by Crippen LogP contribution is 2.35. The molecule has 0 spiro atoms. The van der Waals surface area contributed by atoms with Gasteiger partial charge in [0, 0.05) is 61.1 Å². The number of benzene rings is 2. The predicted molar refractivity (Wildman–Crippen MR) is 200 cm³/mol. The maximum atomic E-state index is 14.5. The molecule has 3 heterocycles. The number of hydrogen-bond donors (Lipinski definition) is 5. The molecule has 1 aliphatic heterocycles. The van der Waals surface area contributed by atoms with Crippen molar-refractivity contribution in [2.75, 3.05) is 37.6 Å². The summed E-state index contributed by atoms with van der Waals surface area (Å²) in [5, 5.41) is 7.18. The van der Waals surface area contributed by atoms with E-state index < -0.39 is 29.1 Å². The van der Waals surface area contributed by atoms with Crippen LogP contribution < -0.4 is 21.3 Å². The maximum Gasteiger partial charge on any atom is 0.329 e. The Kier molecular flexibility index (Phi) is 11.9. The van der Waals surface area contributed by atoms with Crippen molar-refractivity contribution in [3.63, 3.8) is 0 Å². The van der Waals surface area contributed by atoms with E-state index in [4.69, 9.17) is 15.5 Å². The van der Waals surface area contributed by atoms with Gasteiger partial charge in [0.15, 0.2) is 0 Å². The number of urea groups is 1. The molecule has 1 saturated heterocycles. The van der Waals surface area contributed by atoms with Crippen molar-refractivity contribution < 1.29 is 23.5 Å². The van der Waals surface area contributed by atoms with E-state index in [9.17, 15) is 18.8 Å². The lowest BCUT2D eigenvalue weighted by Gasteiger charge is -2.37. The number of unbranched alkanes of at least 4 members (excludes halogenated alkanes) is 1. The molecular weight excluding hydrogens is 663 g/mol. The minimum atomic E-state index is -1.12. The maximum absolute atomic E-state index is 14.5. The highest BCUT2D eigenvalue weighted by molar-refractivity contribution is 5.91. The molecule has 0 unspecified atom stereocenters. The minimum Gasteiger partial charge on any atom is -0.458 e. The lowest BCUT2D eigenvalue weighted by molar-refractivity contribution is -0.159. The molecule has 0 radical (unpaired) electrons. The minimum absolute atomic E-state index is 0.241. The number of nitrogens with one attached hydrogen (secondary N) is 4. The van der Waals surface area contributed by atoms with E-state index in [1.807, 2.05) is 42.3 Å². The van der Waals surface area contributed by atoms with Crippen LogP contribution in [-0.2, 0) is 19.7 Å². The number of H-pyrrole nitrogens is 2. The fraction of sp³-hybridized carbons (Fsp3) is 0.487. The quantitative estimate of drug-likeness (QED) is 0.0884. The van der Waals surface area contributed by atoms with Crippen molar-refractivity contribution in [2.24, 2.45) is 5.73 Å². The molecule has 6 N–H and O–H groups in total. The first-order valence-corrected chi connectivity index (χ1v) is 18.1. The third-order valence-electron chi connectivity index (χ3n) is 9.73. The average molecular weight is 717 g/mol. The van der Waals surface area contributed by atoms with Gasteiger partial charge < -0.3 is 40.9 Å². The molecule has 1 fully saturated rings.